The summed E-state index contributed by atoms with van der Waals surface area (Å²) in [6, 6.07) is 0. The van der Waals surface area contributed by atoms with Crippen LogP contribution in [0.3, 0.4) is 0 Å². The summed E-state index contributed by atoms with van der Waals surface area (Å²) in [4.78, 5) is 0. The molecule has 2 atom stereocenters. The summed E-state index contributed by atoms with van der Waals surface area (Å²) in [5.74, 6) is 0.716. The van der Waals surface area contributed by atoms with Crippen LogP contribution in [0.15, 0.2) is 0 Å². The highest BCUT2D eigenvalue weighted by Crippen LogP contribution is 2.24. The maximum absolute atomic E-state index is 5.83. The van der Waals surface area contributed by atoms with Crippen LogP contribution in [0.5, 0.6) is 0 Å². The van der Waals surface area contributed by atoms with Gasteiger partial charge in [-0.05, 0) is 18.8 Å². The van der Waals surface area contributed by atoms with Crippen LogP contribution in [0.25, 0.3) is 0 Å². The molecular formula is C14H29NO2. The molecule has 3 heteroatoms. The van der Waals surface area contributed by atoms with Gasteiger partial charge in [0, 0.05) is 26.8 Å². The number of unbranched alkanes of at least 4 members (excludes halogenated alkanes) is 3. The lowest BCUT2D eigenvalue weighted by molar-refractivity contribution is 0.0803. The van der Waals surface area contributed by atoms with Crippen LogP contribution >= 0.6 is 0 Å². The number of nitrogens with one attached hydrogen (secondary N) is 1. The minimum atomic E-state index is 0.502. The monoisotopic (exact) mass is 243 g/mol. The molecule has 1 fully saturated rings. The van der Waals surface area contributed by atoms with E-state index in [2.05, 4.69) is 12.2 Å². The van der Waals surface area contributed by atoms with E-state index in [0.717, 1.165) is 26.3 Å². The molecule has 102 valence electrons. The molecule has 0 aliphatic carbocycles. The van der Waals surface area contributed by atoms with Crippen molar-refractivity contribution in [1.82, 2.24) is 5.32 Å². The lowest BCUT2D eigenvalue weighted by Gasteiger charge is -2.18. The topological polar surface area (TPSA) is 30.5 Å². The molecule has 0 spiro atoms. The zero-order chi connectivity index (χ0) is 12.3. The van der Waals surface area contributed by atoms with Crippen LogP contribution in [-0.2, 0) is 9.47 Å². The first-order valence-corrected chi connectivity index (χ1v) is 7.19. The van der Waals surface area contributed by atoms with Crippen LogP contribution in [0.4, 0.5) is 0 Å². The van der Waals surface area contributed by atoms with Crippen LogP contribution in [-0.4, -0.2) is 39.5 Å². The second kappa shape index (κ2) is 9.86. The Labute approximate surface area is 106 Å². The molecule has 0 amide bonds. The maximum atomic E-state index is 5.83. The van der Waals surface area contributed by atoms with Crippen molar-refractivity contribution in [2.75, 3.05) is 33.4 Å². The molecule has 0 aromatic heterocycles. The Morgan fingerprint density at radius 3 is 2.94 bits per heavy atom. The predicted octanol–water partition coefficient (Wildman–Crippen LogP) is 2.60. The number of hydrogen-bond acceptors (Lipinski definition) is 3. The minimum Gasteiger partial charge on any atom is -0.383 e. The Morgan fingerprint density at radius 2 is 2.18 bits per heavy atom. The predicted molar refractivity (Wildman–Crippen MR) is 71.4 cm³/mol. The van der Waals surface area contributed by atoms with E-state index in [1.54, 1.807) is 7.11 Å². The average molecular weight is 243 g/mol. The zero-order valence-corrected chi connectivity index (χ0v) is 11.5. The first-order valence-electron chi connectivity index (χ1n) is 7.19. The molecule has 0 aromatic carbocycles. The van der Waals surface area contributed by atoms with Crippen LogP contribution in [0.1, 0.15) is 45.4 Å². The van der Waals surface area contributed by atoms with E-state index >= 15 is 0 Å². The Bertz CT molecular complexity index is 158. The summed E-state index contributed by atoms with van der Waals surface area (Å²) in [5.41, 5.74) is 0. The Balaban J connectivity index is 2.06. The highest BCUT2D eigenvalue weighted by Gasteiger charge is 2.26. The van der Waals surface area contributed by atoms with E-state index in [0.29, 0.717) is 12.0 Å². The average Bonchev–Trinajstić information content (AvgIpc) is 2.78. The van der Waals surface area contributed by atoms with Gasteiger partial charge < -0.3 is 14.8 Å². The van der Waals surface area contributed by atoms with E-state index in [1.807, 2.05) is 0 Å². The largest absolute Gasteiger partial charge is 0.383 e. The molecule has 17 heavy (non-hydrogen) atoms. The summed E-state index contributed by atoms with van der Waals surface area (Å²) in [6.45, 7) is 6.05. The van der Waals surface area contributed by atoms with Crippen molar-refractivity contribution < 1.29 is 9.47 Å². The minimum absolute atomic E-state index is 0.502. The fourth-order valence-corrected chi connectivity index (χ4v) is 2.48. The molecule has 1 rings (SSSR count). The fraction of sp³-hybridized carbons (Fsp3) is 1.00. The smallest absolute Gasteiger partial charge is 0.0616 e. The van der Waals surface area contributed by atoms with Gasteiger partial charge in [-0.1, -0.05) is 32.6 Å². The lowest BCUT2D eigenvalue weighted by atomic mass is 9.96. The van der Waals surface area contributed by atoms with Crippen molar-refractivity contribution in [2.45, 2.75) is 51.6 Å². The molecule has 1 N–H and O–H groups in total. The molecule has 1 aliphatic heterocycles. The molecule has 0 aromatic rings. The molecule has 0 bridgehead atoms. The standard InChI is InChI=1S/C14H29NO2/c1-3-4-5-6-7-14-13(8-10-17-14)12-15-9-11-16-2/h13-15H,3-12H2,1-2H3. The van der Waals surface area contributed by atoms with Gasteiger partial charge in [0.25, 0.3) is 0 Å². The number of rotatable bonds is 10. The lowest BCUT2D eigenvalue weighted by Crippen LogP contribution is -2.30. The number of ether oxygens (including phenoxy) is 2. The maximum Gasteiger partial charge on any atom is 0.0616 e. The summed E-state index contributed by atoms with van der Waals surface area (Å²) in [6.07, 6.45) is 8.33. The van der Waals surface area contributed by atoms with Crippen molar-refractivity contribution in [3.8, 4) is 0 Å². The summed E-state index contributed by atoms with van der Waals surface area (Å²) in [7, 11) is 1.75. The Kier molecular flexibility index (Phi) is 8.67. The third-order valence-corrected chi connectivity index (χ3v) is 3.58. The van der Waals surface area contributed by atoms with Crippen LogP contribution in [0, 0.1) is 5.92 Å². The van der Waals surface area contributed by atoms with Crippen molar-refractivity contribution in [2.24, 2.45) is 5.92 Å². The van der Waals surface area contributed by atoms with Gasteiger partial charge in [-0.3, -0.25) is 0 Å². The first-order chi connectivity index (χ1) is 8.38. The molecule has 0 radical (unpaired) electrons. The van der Waals surface area contributed by atoms with Crippen LogP contribution in [0.2, 0.25) is 0 Å². The normalized spacial score (nSPS) is 24.4. The Morgan fingerprint density at radius 1 is 1.29 bits per heavy atom. The van der Waals surface area contributed by atoms with Crippen molar-refractivity contribution in [3.63, 3.8) is 0 Å². The van der Waals surface area contributed by atoms with Gasteiger partial charge in [-0.15, -0.1) is 0 Å². The number of methoxy groups -OCH3 is 1. The SMILES string of the molecule is CCCCCCC1OCCC1CNCCOC. The summed E-state index contributed by atoms with van der Waals surface area (Å²) in [5, 5.41) is 3.45. The first kappa shape index (κ1) is 14.9. The quantitative estimate of drug-likeness (QED) is 0.598. The molecule has 1 aliphatic rings. The van der Waals surface area contributed by atoms with E-state index in [9.17, 15) is 0 Å². The summed E-state index contributed by atoms with van der Waals surface area (Å²) >= 11 is 0. The van der Waals surface area contributed by atoms with Gasteiger partial charge in [0.15, 0.2) is 0 Å². The molecule has 2 unspecified atom stereocenters. The molecule has 1 saturated heterocycles. The third-order valence-electron chi connectivity index (χ3n) is 3.58. The zero-order valence-electron chi connectivity index (χ0n) is 11.5. The molecular weight excluding hydrogens is 214 g/mol. The van der Waals surface area contributed by atoms with E-state index in [-0.39, 0.29) is 0 Å². The van der Waals surface area contributed by atoms with E-state index < -0.39 is 0 Å². The van der Waals surface area contributed by atoms with E-state index in [4.69, 9.17) is 9.47 Å². The van der Waals surface area contributed by atoms with Gasteiger partial charge >= 0.3 is 0 Å². The van der Waals surface area contributed by atoms with Gasteiger partial charge in [0.1, 0.15) is 0 Å². The van der Waals surface area contributed by atoms with Crippen molar-refractivity contribution in [3.05, 3.63) is 0 Å². The van der Waals surface area contributed by atoms with Crippen molar-refractivity contribution >= 4 is 0 Å². The fourth-order valence-electron chi connectivity index (χ4n) is 2.48. The highest BCUT2D eigenvalue weighted by molar-refractivity contribution is 4.78. The van der Waals surface area contributed by atoms with Gasteiger partial charge in [0.05, 0.1) is 12.7 Å². The molecule has 0 saturated carbocycles. The van der Waals surface area contributed by atoms with Gasteiger partial charge in [-0.25, -0.2) is 0 Å². The van der Waals surface area contributed by atoms with Gasteiger partial charge in [-0.2, -0.15) is 0 Å². The van der Waals surface area contributed by atoms with Gasteiger partial charge in [0.2, 0.25) is 0 Å². The second-order valence-electron chi connectivity index (χ2n) is 5.00. The Hall–Kier alpha value is -0.120. The second-order valence-corrected chi connectivity index (χ2v) is 5.00. The highest BCUT2D eigenvalue weighted by atomic mass is 16.5. The molecule has 1 heterocycles. The summed E-state index contributed by atoms with van der Waals surface area (Å²) < 4.78 is 10.9. The number of hydrogen-bond donors (Lipinski definition) is 1. The third kappa shape index (κ3) is 6.39. The molecule has 3 nitrogen and oxygen atoms in total. The van der Waals surface area contributed by atoms with E-state index in [1.165, 1.54) is 38.5 Å². The van der Waals surface area contributed by atoms with Crippen molar-refractivity contribution in [1.29, 1.82) is 0 Å². The van der Waals surface area contributed by atoms with Crippen LogP contribution < -0.4 is 5.32 Å².